The summed E-state index contributed by atoms with van der Waals surface area (Å²) >= 11 is 0. The number of fused-ring (bicyclic) bond motifs is 1. The van der Waals surface area contributed by atoms with E-state index in [4.69, 9.17) is 0 Å². The Morgan fingerprint density at radius 2 is 2.16 bits per heavy atom. The largest absolute Gasteiger partial charge is 0.331 e. The van der Waals surface area contributed by atoms with Gasteiger partial charge >= 0.3 is 0 Å². The Bertz CT molecular complexity index is 599. The van der Waals surface area contributed by atoms with Crippen molar-refractivity contribution in [1.82, 2.24) is 9.55 Å². The van der Waals surface area contributed by atoms with E-state index in [1.165, 1.54) is 0 Å². The van der Waals surface area contributed by atoms with Gasteiger partial charge in [0.1, 0.15) is 5.82 Å². The monoisotopic (exact) mass is 259 g/mol. The van der Waals surface area contributed by atoms with Gasteiger partial charge in [0.25, 0.3) is 0 Å². The number of rotatable bonds is 4. The van der Waals surface area contributed by atoms with E-state index < -0.39 is 0 Å². The van der Waals surface area contributed by atoms with Gasteiger partial charge in [0.05, 0.1) is 11.0 Å². The van der Waals surface area contributed by atoms with Gasteiger partial charge in [-0.05, 0) is 24.6 Å². The van der Waals surface area contributed by atoms with E-state index in [9.17, 15) is 4.79 Å². The van der Waals surface area contributed by atoms with E-state index in [0.29, 0.717) is 12.3 Å². The van der Waals surface area contributed by atoms with Gasteiger partial charge in [-0.3, -0.25) is 4.79 Å². The number of nitrogens with one attached hydrogen (secondary N) is 1. The summed E-state index contributed by atoms with van der Waals surface area (Å²) in [5.74, 6) is 1.50. The van der Waals surface area contributed by atoms with E-state index in [0.717, 1.165) is 29.0 Å². The molecule has 0 fully saturated rings. The Morgan fingerprint density at radius 1 is 1.42 bits per heavy atom. The number of aryl methyl sites for hydroxylation is 1. The van der Waals surface area contributed by atoms with Crippen LogP contribution < -0.4 is 5.32 Å². The molecule has 0 aliphatic carbocycles. The molecule has 0 aliphatic rings. The van der Waals surface area contributed by atoms with Crippen molar-refractivity contribution < 1.29 is 4.79 Å². The van der Waals surface area contributed by atoms with Gasteiger partial charge < -0.3 is 9.88 Å². The standard InChI is InChI=1S/C15H21N3O/c1-5-6-14(19)16-11-7-8-13-12(9-11)17-15(10(2)3)18(13)4/h7-10H,5-6H2,1-4H3,(H,16,19). The molecule has 1 aromatic heterocycles. The molecule has 1 aromatic carbocycles. The summed E-state index contributed by atoms with van der Waals surface area (Å²) in [7, 11) is 2.03. The van der Waals surface area contributed by atoms with Gasteiger partial charge in [-0.25, -0.2) is 4.98 Å². The zero-order valence-corrected chi connectivity index (χ0v) is 12.0. The Hall–Kier alpha value is -1.84. The van der Waals surface area contributed by atoms with E-state index in [2.05, 4.69) is 28.7 Å². The number of carbonyl (C=O) groups excluding carboxylic acids is 1. The van der Waals surface area contributed by atoms with Crippen LogP contribution in [-0.2, 0) is 11.8 Å². The molecule has 0 saturated heterocycles. The number of hydrogen-bond donors (Lipinski definition) is 1. The Labute approximate surface area is 113 Å². The van der Waals surface area contributed by atoms with Crippen LogP contribution in [-0.4, -0.2) is 15.5 Å². The lowest BCUT2D eigenvalue weighted by atomic mass is 10.2. The molecule has 2 rings (SSSR count). The Kier molecular flexibility index (Phi) is 3.88. The molecule has 0 unspecified atom stereocenters. The third-order valence-electron chi connectivity index (χ3n) is 3.19. The van der Waals surface area contributed by atoms with Gasteiger partial charge in [0, 0.05) is 25.1 Å². The molecule has 0 aliphatic heterocycles. The predicted octanol–water partition coefficient (Wildman–Crippen LogP) is 3.44. The quantitative estimate of drug-likeness (QED) is 0.914. The van der Waals surface area contributed by atoms with Crippen molar-refractivity contribution >= 4 is 22.6 Å². The summed E-state index contributed by atoms with van der Waals surface area (Å²) in [5.41, 5.74) is 2.84. The van der Waals surface area contributed by atoms with Gasteiger partial charge in [-0.2, -0.15) is 0 Å². The maximum absolute atomic E-state index is 11.6. The molecule has 1 N–H and O–H groups in total. The third kappa shape index (κ3) is 2.78. The minimum absolute atomic E-state index is 0.0573. The maximum atomic E-state index is 11.6. The first-order valence-electron chi connectivity index (χ1n) is 6.79. The van der Waals surface area contributed by atoms with Crippen molar-refractivity contribution in [3.63, 3.8) is 0 Å². The number of hydrogen-bond acceptors (Lipinski definition) is 2. The summed E-state index contributed by atoms with van der Waals surface area (Å²) in [6.45, 7) is 6.26. The Morgan fingerprint density at radius 3 is 2.79 bits per heavy atom. The van der Waals surface area contributed by atoms with E-state index in [1.807, 2.05) is 32.2 Å². The first-order valence-corrected chi connectivity index (χ1v) is 6.79. The number of benzene rings is 1. The molecule has 102 valence electrons. The van der Waals surface area contributed by atoms with Crippen LogP contribution in [0.15, 0.2) is 18.2 Å². The van der Waals surface area contributed by atoms with Crippen molar-refractivity contribution in [2.75, 3.05) is 5.32 Å². The molecule has 4 heteroatoms. The number of imidazole rings is 1. The fraction of sp³-hybridized carbons (Fsp3) is 0.467. The summed E-state index contributed by atoms with van der Waals surface area (Å²) in [5, 5.41) is 2.90. The molecule has 19 heavy (non-hydrogen) atoms. The highest BCUT2D eigenvalue weighted by molar-refractivity contribution is 5.93. The summed E-state index contributed by atoms with van der Waals surface area (Å²) in [6, 6.07) is 5.88. The first kappa shape index (κ1) is 13.6. The van der Waals surface area contributed by atoms with E-state index in [-0.39, 0.29) is 5.91 Å². The highest BCUT2D eigenvalue weighted by Crippen LogP contribution is 2.23. The number of aromatic nitrogens is 2. The fourth-order valence-corrected chi connectivity index (χ4v) is 2.26. The van der Waals surface area contributed by atoms with Crippen molar-refractivity contribution in [2.45, 2.75) is 39.5 Å². The van der Waals surface area contributed by atoms with Crippen molar-refractivity contribution in [2.24, 2.45) is 7.05 Å². The number of amides is 1. The molecule has 0 saturated carbocycles. The third-order valence-corrected chi connectivity index (χ3v) is 3.19. The summed E-state index contributed by atoms with van der Waals surface area (Å²) < 4.78 is 2.11. The second-order valence-corrected chi connectivity index (χ2v) is 5.19. The minimum atomic E-state index is 0.0573. The van der Waals surface area contributed by atoms with Crippen LogP contribution >= 0.6 is 0 Å². The molecule has 1 amide bonds. The maximum Gasteiger partial charge on any atom is 0.224 e. The van der Waals surface area contributed by atoms with Gasteiger partial charge in [-0.1, -0.05) is 20.8 Å². The molecule has 0 radical (unpaired) electrons. The Balaban J connectivity index is 2.33. The zero-order valence-electron chi connectivity index (χ0n) is 12.0. The summed E-state index contributed by atoms with van der Waals surface area (Å²) in [6.07, 6.45) is 1.41. The molecular weight excluding hydrogens is 238 g/mol. The SMILES string of the molecule is CCCC(=O)Nc1ccc2c(c1)nc(C(C)C)n2C. The van der Waals surface area contributed by atoms with Crippen LogP contribution in [0.1, 0.15) is 45.4 Å². The number of nitrogens with zero attached hydrogens (tertiary/aromatic N) is 2. The van der Waals surface area contributed by atoms with E-state index in [1.54, 1.807) is 0 Å². The van der Waals surface area contributed by atoms with Crippen molar-refractivity contribution in [3.05, 3.63) is 24.0 Å². The minimum Gasteiger partial charge on any atom is -0.331 e. The van der Waals surface area contributed by atoms with Crippen LogP contribution in [0.5, 0.6) is 0 Å². The normalized spacial score (nSPS) is 11.2. The molecule has 1 heterocycles. The molecule has 0 bridgehead atoms. The van der Waals surface area contributed by atoms with Crippen LogP contribution in [0.25, 0.3) is 11.0 Å². The highest BCUT2D eigenvalue weighted by atomic mass is 16.1. The fourth-order valence-electron chi connectivity index (χ4n) is 2.26. The van der Waals surface area contributed by atoms with Crippen LogP contribution in [0, 0.1) is 0 Å². The molecule has 2 aromatic rings. The van der Waals surface area contributed by atoms with Crippen LogP contribution in [0.2, 0.25) is 0 Å². The van der Waals surface area contributed by atoms with Gasteiger partial charge in [-0.15, -0.1) is 0 Å². The van der Waals surface area contributed by atoms with Crippen LogP contribution in [0.3, 0.4) is 0 Å². The summed E-state index contributed by atoms with van der Waals surface area (Å²) in [4.78, 5) is 16.2. The number of anilines is 1. The lowest BCUT2D eigenvalue weighted by Crippen LogP contribution is -2.10. The topological polar surface area (TPSA) is 46.9 Å². The lowest BCUT2D eigenvalue weighted by molar-refractivity contribution is -0.116. The average molecular weight is 259 g/mol. The highest BCUT2D eigenvalue weighted by Gasteiger charge is 2.11. The smallest absolute Gasteiger partial charge is 0.224 e. The van der Waals surface area contributed by atoms with Gasteiger partial charge in [0.2, 0.25) is 5.91 Å². The molecule has 0 atom stereocenters. The molecule has 4 nitrogen and oxygen atoms in total. The zero-order chi connectivity index (χ0) is 14.0. The lowest BCUT2D eigenvalue weighted by Gasteiger charge is -2.05. The average Bonchev–Trinajstić information content (AvgIpc) is 2.67. The van der Waals surface area contributed by atoms with E-state index >= 15 is 0 Å². The molecular formula is C15H21N3O. The van der Waals surface area contributed by atoms with Crippen molar-refractivity contribution in [1.29, 1.82) is 0 Å². The second kappa shape index (κ2) is 5.43. The number of carbonyl (C=O) groups is 1. The van der Waals surface area contributed by atoms with Crippen LogP contribution in [0.4, 0.5) is 5.69 Å². The predicted molar refractivity (Wildman–Crippen MR) is 78.3 cm³/mol. The first-order chi connectivity index (χ1) is 9.02. The second-order valence-electron chi connectivity index (χ2n) is 5.19. The van der Waals surface area contributed by atoms with Crippen molar-refractivity contribution in [3.8, 4) is 0 Å². The molecule has 0 spiro atoms. The van der Waals surface area contributed by atoms with Gasteiger partial charge in [0.15, 0.2) is 0 Å².